The molecule has 1 aromatic heterocycles. The maximum absolute atomic E-state index is 9.72. The van der Waals surface area contributed by atoms with Gasteiger partial charge in [0.2, 0.25) is 5.75 Å². The molecule has 0 bridgehead atoms. The Morgan fingerprint density at radius 3 is 2.53 bits per heavy atom. The van der Waals surface area contributed by atoms with E-state index in [1.165, 1.54) is 20.3 Å². The number of methoxy groups -OCH3 is 2. The predicted octanol–water partition coefficient (Wildman–Crippen LogP) is 2.46. The van der Waals surface area contributed by atoms with Gasteiger partial charge in [-0.25, -0.2) is 0 Å². The van der Waals surface area contributed by atoms with E-state index in [-0.39, 0.29) is 5.75 Å². The molecule has 0 spiro atoms. The largest absolute Gasteiger partial charge is 0.507 e. The van der Waals surface area contributed by atoms with Gasteiger partial charge in [0, 0.05) is 6.07 Å². The normalized spacial score (nSPS) is 10.6. The summed E-state index contributed by atoms with van der Waals surface area (Å²) in [7, 11) is 3.05. The Labute approximate surface area is 87.0 Å². The number of phenolic OH excluding ortho intramolecular Hbond substituents is 1. The second-order valence-electron chi connectivity index (χ2n) is 3.23. The standard InChI is InChI=1S/C11H12O4/c1-6-4-7-8(12)5-9(13-2)11(14-3)10(7)15-6/h4-5,12H,1-3H3. The number of hydrogen-bond acceptors (Lipinski definition) is 4. The van der Waals surface area contributed by atoms with Crippen LogP contribution in [0.3, 0.4) is 0 Å². The first-order valence-corrected chi connectivity index (χ1v) is 4.51. The summed E-state index contributed by atoms with van der Waals surface area (Å²) in [5.74, 6) is 1.79. The third kappa shape index (κ3) is 1.38. The van der Waals surface area contributed by atoms with Gasteiger partial charge in [-0.3, -0.25) is 0 Å². The van der Waals surface area contributed by atoms with Crippen molar-refractivity contribution in [2.75, 3.05) is 14.2 Å². The number of fused-ring (bicyclic) bond motifs is 1. The lowest BCUT2D eigenvalue weighted by Crippen LogP contribution is -1.90. The third-order valence-corrected chi connectivity index (χ3v) is 2.25. The fourth-order valence-corrected chi connectivity index (χ4v) is 1.60. The summed E-state index contributed by atoms with van der Waals surface area (Å²) < 4.78 is 15.7. The Morgan fingerprint density at radius 1 is 1.20 bits per heavy atom. The summed E-state index contributed by atoms with van der Waals surface area (Å²) >= 11 is 0. The lowest BCUT2D eigenvalue weighted by molar-refractivity contribution is 0.350. The molecular formula is C11H12O4. The van der Waals surface area contributed by atoms with Crippen molar-refractivity contribution in [2.45, 2.75) is 6.92 Å². The maximum Gasteiger partial charge on any atom is 0.204 e. The van der Waals surface area contributed by atoms with Crippen LogP contribution in [0, 0.1) is 6.92 Å². The molecule has 0 atom stereocenters. The first kappa shape index (κ1) is 9.71. The molecule has 15 heavy (non-hydrogen) atoms. The Kier molecular flexibility index (Phi) is 2.19. The number of furan rings is 1. The van der Waals surface area contributed by atoms with Crippen molar-refractivity contribution in [3.05, 3.63) is 17.9 Å². The fraction of sp³-hybridized carbons (Fsp3) is 0.273. The Balaban J connectivity index is 2.84. The molecule has 80 valence electrons. The van der Waals surface area contributed by atoms with Crippen molar-refractivity contribution in [3.8, 4) is 17.2 Å². The SMILES string of the molecule is COc1cc(O)c2cc(C)oc2c1OC. The number of aromatic hydroxyl groups is 1. The van der Waals surface area contributed by atoms with Gasteiger partial charge in [0.25, 0.3) is 0 Å². The molecule has 1 aromatic carbocycles. The highest BCUT2D eigenvalue weighted by atomic mass is 16.5. The summed E-state index contributed by atoms with van der Waals surface area (Å²) in [5.41, 5.74) is 0.506. The number of benzene rings is 1. The third-order valence-electron chi connectivity index (χ3n) is 2.25. The lowest BCUT2D eigenvalue weighted by Gasteiger charge is -2.08. The number of aryl methyl sites for hydroxylation is 1. The van der Waals surface area contributed by atoms with Gasteiger partial charge in [-0.05, 0) is 13.0 Å². The van der Waals surface area contributed by atoms with Crippen molar-refractivity contribution in [3.63, 3.8) is 0 Å². The van der Waals surface area contributed by atoms with Crippen LogP contribution >= 0.6 is 0 Å². The topological polar surface area (TPSA) is 51.8 Å². The predicted molar refractivity (Wildman–Crippen MR) is 55.7 cm³/mol. The lowest BCUT2D eigenvalue weighted by atomic mass is 10.2. The van der Waals surface area contributed by atoms with Crippen LogP contribution in [0.1, 0.15) is 5.76 Å². The molecule has 1 N–H and O–H groups in total. The molecule has 0 saturated carbocycles. The summed E-state index contributed by atoms with van der Waals surface area (Å²) in [6, 6.07) is 3.27. The van der Waals surface area contributed by atoms with E-state index in [0.717, 1.165) is 0 Å². The van der Waals surface area contributed by atoms with E-state index in [0.29, 0.717) is 28.2 Å². The van der Waals surface area contributed by atoms with E-state index in [1.807, 2.05) is 6.92 Å². The van der Waals surface area contributed by atoms with Gasteiger partial charge in [0.05, 0.1) is 19.6 Å². The minimum atomic E-state index is 0.125. The van der Waals surface area contributed by atoms with Gasteiger partial charge in [-0.2, -0.15) is 0 Å². The van der Waals surface area contributed by atoms with E-state index in [4.69, 9.17) is 13.9 Å². The average Bonchev–Trinajstić information content (AvgIpc) is 2.60. The quantitative estimate of drug-likeness (QED) is 0.823. The zero-order valence-electron chi connectivity index (χ0n) is 8.83. The summed E-state index contributed by atoms with van der Waals surface area (Å²) in [6.45, 7) is 1.81. The van der Waals surface area contributed by atoms with Gasteiger partial charge in [-0.15, -0.1) is 0 Å². The van der Waals surface area contributed by atoms with Crippen LogP contribution in [-0.4, -0.2) is 19.3 Å². The average molecular weight is 208 g/mol. The highest BCUT2D eigenvalue weighted by Gasteiger charge is 2.16. The molecule has 0 fully saturated rings. The first-order valence-electron chi connectivity index (χ1n) is 4.51. The molecule has 0 unspecified atom stereocenters. The fourth-order valence-electron chi connectivity index (χ4n) is 1.60. The first-order chi connectivity index (χ1) is 7.17. The monoisotopic (exact) mass is 208 g/mol. The van der Waals surface area contributed by atoms with Gasteiger partial charge >= 0.3 is 0 Å². The van der Waals surface area contributed by atoms with Crippen LogP contribution in [0.4, 0.5) is 0 Å². The van der Waals surface area contributed by atoms with Crippen molar-refractivity contribution >= 4 is 11.0 Å². The van der Waals surface area contributed by atoms with Crippen LogP contribution in [0.25, 0.3) is 11.0 Å². The van der Waals surface area contributed by atoms with E-state index >= 15 is 0 Å². The molecule has 1 heterocycles. The minimum absolute atomic E-state index is 0.125. The second-order valence-corrected chi connectivity index (χ2v) is 3.23. The van der Waals surface area contributed by atoms with Crippen molar-refractivity contribution in [2.24, 2.45) is 0 Å². The maximum atomic E-state index is 9.72. The smallest absolute Gasteiger partial charge is 0.204 e. The molecule has 4 heteroatoms. The molecule has 4 nitrogen and oxygen atoms in total. The van der Waals surface area contributed by atoms with Crippen molar-refractivity contribution in [1.82, 2.24) is 0 Å². The highest BCUT2D eigenvalue weighted by Crippen LogP contribution is 2.42. The molecule has 0 amide bonds. The molecule has 2 rings (SSSR count). The van der Waals surface area contributed by atoms with Gasteiger partial charge in [0.15, 0.2) is 11.3 Å². The molecule has 0 aliphatic heterocycles. The summed E-state index contributed by atoms with van der Waals surface area (Å²) in [4.78, 5) is 0. The molecule has 0 aliphatic rings. The van der Waals surface area contributed by atoms with E-state index in [2.05, 4.69) is 0 Å². The van der Waals surface area contributed by atoms with E-state index in [1.54, 1.807) is 6.07 Å². The van der Waals surface area contributed by atoms with Crippen LogP contribution in [-0.2, 0) is 0 Å². The van der Waals surface area contributed by atoms with Crippen molar-refractivity contribution in [1.29, 1.82) is 0 Å². The van der Waals surface area contributed by atoms with Gasteiger partial charge < -0.3 is 19.0 Å². The molecular weight excluding hydrogens is 196 g/mol. The summed E-state index contributed by atoms with van der Waals surface area (Å²) in [5, 5.41) is 10.4. The molecule has 0 aliphatic carbocycles. The minimum Gasteiger partial charge on any atom is -0.507 e. The van der Waals surface area contributed by atoms with E-state index < -0.39 is 0 Å². The summed E-state index contributed by atoms with van der Waals surface area (Å²) in [6.07, 6.45) is 0. The molecule has 2 aromatic rings. The highest BCUT2D eigenvalue weighted by molar-refractivity contribution is 5.91. The molecule has 0 radical (unpaired) electrons. The zero-order chi connectivity index (χ0) is 11.0. The Morgan fingerprint density at radius 2 is 1.93 bits per heavy atom. The van der Waals surface area contributed by atoms with Crippen LogP contribution in [0.15, 0.2) is 16.5 Å². The molecule has 0 saturated heterocycles. The van der Waals surface area contributed by atoms with Gasteiger partial charge in [0.1, 0.15) is 11.5 Å². The van der Waals surface area contributed by atoms with Crippen LogP contribution in [0.2, 0.25) is 0 Å². The number of phenols is 1. The van der Waals surface area contributed by atoms with E-state index in [9.17, 15) is 5.11 Å². The number of rotatable bonds is 2. The van der Waals surface area contributed by atoms with Crippen molar-refractivity contribution < 1.29 is 19.0 Å². The van der Waals surface area contributed by atoms with Crippen LogP contribution < -0.4 is 9.47 Å². The number of hydrogen-bond donors (Lipinski definition) is 1. The Hall–Kier alpha value is -1.84. The van der Waals surface area contributed by atoms with Gasteiger partial charge in [-0.1, -0.05) is 0 Å². The van der Waals surface area contributed by atoms with Crippen LogP contribution in [0.5, 0.6) is 17.2 Å². The zero-order valence-corrected chi connectivity index (χ0v) is 8.83. The second kappa shape index (κ2) is 3.38. The number of ether oxygens (including phenoxy) is 2. The Bertz CT molecular complexity index is 499.